The van der Waals surface area contributed by atoms with Crippen LogP contribution in [0.4, 0.5) is 11.5 Å². The van der Waals surface area contributed by atoms with Gasteiger partial charge in [-0.25, -0.2) is 0 Å². The van der Waals surface area contributed by atoms with Crippen molar-refractivity contribution in [3.63, 3.8) is 0 Å². The molecule has 156 valence electrons. The van der Waals surface area contributed by atoms with Gasteiger partial charge in [-0.1, -0.05) is 24.3 Å². The predicted octanol–water partition coefficient (Wildman–Crippen LogP) is 4.79. The van der Waals surface area contributed by atoms with Gasteiger partial charge < -0.3 is 15.8 Å². The van der Waals surface area contributed by atoms with Crippen molar-refractivity contribution in [1.29, 1.82) is 0 Å². The molecule has 0 saturated heterocycles. The lowest BCUT2D eigenvalue weighted by molar-refractivity contribution is 0.0967. The van der Waals surface area contributed by atoms with Crippen LogP contribution in [0.2, 0.25) is 0 Å². The van der Waals surface area contributed by atoms with Crippen molar-refractivity contribution in [3.8, 4) is 5.75 Å². The number of para-hydroxylation sites is 1. The van der Waals surface area contributed by atoms with Crippen LogP contribution in [-0.2, 0) is 0 Å². The third kappa shape index (κ3) is 3.64. The molecule has 6 heteroatoms. The Morgan fingerprint density at radius 2 is 1.65 bits per heavy atom. The number of carbonyl (C=O) groups excluding carboxylic acids is 2. The molecule has 0 radical (unpaired) electrons. The van der Waals surface area contributed by atoms with E-state index in [1.807, 2.05) is 38.1 Å². The van der Waals surface area contributed by atoms with Gasteiger partial charge in [0, 0.05) is 16.6 Å². The largest absolute Gasteiger partial charge is 0.497 e. The topological polar surface area (TPSA) is 86.3 Å². The van der Waals surface area contributed by atoms with Gasteiger partial charge in [-0.3, -0.25) is 14.2 Å². The fourth-order valence-corrected chi connectivity index (χ4v) is 3.59. The number of hydrogen-bond donors (Lipinski definition) is 2. The summed E-state index contributed by atoms with van der Waals surface area (Å²) >= 11 is 0. The lowest BCUT2D eigenvalue weighted by Crippen LogP contribution is -2.18. The molecule has 6 nitrogen and oxygen atoms in total. The summed E-state index contributed by atoms with van der Waals surface area (Å²) in [5.41, 5.74) is 10.5. The van der Waals surface area contributed by atoms with E-state index in [1.165, 1.54) is 4.57 Å². The van der Waals surface area contributed by atoms with Crippen LogP contribution >= 0.6 is 0 Å². The number of amides is 1. The standard InChI is InChI=1S/C25H23N3O3/c1-15-8-9-17(14-16(15)2)25(30)28-21-7-5-4-6-20(21)22(23(28)26)24(29)27-18-10-12-19(31-3)13-11-18/h4-14H,26H2,1-3H3,(H,27,29). The number of nitrogen functional groups attached to an aromatic ring is 1. The highest BCUT2D eigenvalue weighted by molar-refractivity contribution is 6.20. The zero-order chi connectivity index (χ0) is 22.1. The highest BCUT2D eigenvalue weighted by Crippen LogP contribution is 2.30. The van der Waals surface area contributed by atoms with Gasteiger partial charge >= 0.3 is 0 Å². The monoisotopic (exact) mass is 413 g/mol. The van der Waals surface area contributed by atoms with Gasteiger partial charge in [0.25, 0.3) is 11.8 Å². The lowest BCUT2D eigenvalue weighted by Gasteiger charge is -2.09. The van der Waals surface area contributed by atoms with Gasteiger partial charge in [-0.15, -0.1) is 0 Å². The molecule has 1 heterocycles. The van der Waals surface area contributed by atoms with E-state index in [1.54, 1.807) is 49.6 Å². The van der Waals surface area contributed by atoms with Crippen molar-refractivity contribution >= 4 is 34.2 Å². The van der Waals surface area contributed by atoms with Crippen LogP contribution in [-0.4, -0.2) is 23.5 Å². The van der Waals surface area contributed by atoms with Crippen LogP contribution in [0.3, 0.4) is 0 Å². The van der Waals surface area contributed by atoms with E-state index in [0.717, 1.165) is 11.1 Å². The number of hydrogen-bond acceptors (Lipinski definition) is 4. The van der Waals surface area contributed by atoms with Crippen molar-refractivity contribution in [2.45, 2.75) is 13.8 Å². The van der Waals surface area contributed by atoms with Gasteiger partial charge in [0.05, 0.1) is 18.2 Å². The number of ether oxygens (including phenoxy) is 1. The number of fused-ring (bicyclic) bond motifs is 1. The van der Waals surface area contributed by atoms with E-state index in [9.17, 15) is 9.59 Å². The minimum atomic E-state index is -0.384. The quantitative estimate of drug-likeness (QED) is 0.504. The molecular weight excluding hydrogens is 390 g/mol. The second-order valence-electron chi connectivity index (χ2n) is 7.40. The van der Waals surface area contributed by atoms with Gasteiger partial charge in [-0.2, -0.15) is 0 Å². The van der Waals surface area contributed by atoms with E-state index in [2.05, 4.69) is 5.32 Å². The average molecular weight is 413 g/mol. The predicted molar refractivity (Wildman–Crippen MR) is 123 cm³/mol. The SMILES string of the molecule is COc1ccc(NC(=O)c2c(N)n(C(=O)c3ccc(C)c(C)c3)c3ccccc23)cc1. The zero-order valence-electron chi connectivity index (χ0n) is 17.6. The van der Waals surface area contributed by atoms with Crippen LogP contribution in [0.25, 0.3) is 10.9 Å². The Balaban J connectivity index is 1.78. The molecule has 4 aromatic rings. The van der Waals surface area contributed by atoms with Crippen LogP contribution in [0.5, 0.6) is 5.75 Å². The third-order valence-corrected chi connectivity index (χ3v) is 5.44. The maximum absolute atomic E-state index is 13.3. The number of nitrogens with two attached hydrogens (primary N) is 1. The first-order valence-electron chi connectivity index (χ1n) is 9.87. The second-order valence-corrected chi connectivity index (χ2v) is 7.40. The van der Waals surface area contributed by atoms with Crippen LogP contribution < -0.4 is 15.8 Å². The van der Waals surface area contributed by atoms with Crippen molar-refractivity contribution < 1.29 is 14.3 Å². The molecule has 4 rings (SSSR count). The second kappa shape index (κ2) is 7.99. The fourth-order valence-electron chi connectivity index (χ4n) is 3.59. The molecule has 0 spiro atoms. The third-order valence-electron chi connectivity index (χ3n) is 5.44. The Labute approximate surface area is 180 Å². The van der Waals surface area contributed by atoms with Gasteiger partial charge in [-0.05, 0) is 67.4 Å². The summed E-state index contributed by atoms with van der Waals surface area (Å²) in [6.45, 7) is 3.95. The fraction of sp³-hybridized carbons (Fsp3) is 0.120. The molecule has 1 aromatic heterocycles. The molecule has 0 unspecified atom stereocenters. The number of aryl methyl sites for hydroxylation is 2. The maximum atomic E-state index is 13.3. The Bertz CT molecular complexity index is 1300. The highest BCUT2D eigenvalue weighted by atomic mass is 16.5. The van der Waals surface area contributed by atoms with Crippen LogP contribution in [0.1, 0.15) is 31.8 Å². The number of carbonyl (C=O) groups is 2. The average Bonchev–Trinajstić information content (AvgIpc) is 3.07. The minimum Gasteiger partial charge on any atom is -0.497 e. The van der Waals surface area contributed by atoms with E-state index in [0.29, 0.717) is 27.9 Å². The Hall–Kier alpha value is -4.06. The van der Waals surface area contributed by atoms with Gasteiger partial charge in [0.15, 0.2) is 0 Å². The minimum absolute atomic E-state index is 0.107. The number of methoxy groups -OCH3 is 1. The molecule has 3 aromatic carbocycles. The molecule has 1 amide bonds. The molecule has 3 N–H and O–H groups in total. The molecule has 0 saturated carbocycles. The first kappa shape index (κ1) is 20.2. The molecule has 0 fully saturated rings. The summed E-state index contributed by atoms with van der Waals surface area (Å²) in [5, 5.41) is 3.47. The van der Waals surface area contributed by atoms with Crippen molar-refractivity contribution in [2.24, 2.45) is 0 Å². The number of aromatic nitrogens is 1. The number of benzene rings is 3. The van der Waals surface area contributed by atoms with Crippen molar-refractivity contribution in [1.82, 2.24) is 4.57 Å². The van der Waals surface area contributed by atoms with Gasteiger partial charge in [0.1, 0.15) is 11.6 Å². The molecule has 0 atom stereocenters. The molecule has 0 aliphatic rings. The van der Waals surface area contributed by atoms with E-state index < -0.39 is 0 Å². The summed E-state index contributed by atoms with van der Waals surface area (Å²) in [4.78, 5) is 26.5. The van der Waals surface area contributed by atoms with Crippen LogP contribution in [0, 0.1) is 13.8 Å². The summed E-state index contributed by atoms with van der Waals surface area (Å²) in [6, 6.07) is 19.7. The first-order valence-corrected chi connectivity index (χ1v) is 9.87. The van der Waals surface area contributed by atoms with Crippen molar-refractivity contribution in [3.05, 3.63) is 89.0 Å². The van der Waals surface area contributed by atoms with E-state index in [-0.39, 0.29) is 23.2 Å². The first-order chi connectivity index (χ1) is 14.9. The highest BCUT2D eigenvalue weighted by Gasteiger charge is 2.24. The molecule has 0 aliphatic carbocycles. The Morgan fingerprint density at radius 3 is 2.32 bits per heavy atom. The van der Waals surface area contributed by atoms with Crippen molar-refractivity contribution in [2.75, 3.05) is 18.2 Å². The molecule has 0 aliphatic heterocycles. The summed E-state index contributed by atoms with van der Waals surface area (Å²) in [5.74, 6) is 0.134. The molecule has 0 bridgehead atoms. The summed E-state index contributed by atoms with van der Waals surface area (Å²) < 4.78 is 6.55. The van der Waals surface area contributed by atoms with Gasteiger partial charge in [0.2, 0.25) is 0 Å². The smallest absolute Gasteiger partial charge is 0.264 e. The molecular formula is C25H23N3O3. The Morgan fingerprint density at radius 1 is 0.935 bits per heavy atom. The van der Waals surface area contributed by atoms with E-state index in [4.69, 9.17) is 10.5 Å². The molecule has 31 heavy (non-hydrogen) atoms. The maximum Gasteiger partial charge on any atom is 0.264 e. The number of nitrogens with one attached hydrogen (secondary N) is 1. The van der Waals surface area contributed by atoms with E-state index >= 15 is 0 Å². The number of rotatable bonds is 4. The zero-order valence-corrected chi connectivity index (χ0v) is 17.6. The lowest BCUT2D eigenvalue weighted by atomic mass is 10.1. The van der Waals surface area contributed by atoms with Crippen LogP contribution in [0.15, 0.2) is 66.7 Å². The summed E-state index contributed by atoms with van der Waals surface area (Å²) in [6.07, 6.45) is 0. The number of nitrogens with zero attached hydrogens (tertiary/aromatic N) is 1. The Kier molecular flexibility index (Phi) is 5.21. The summed E-state index contributed by atoms with van der Waals surface area (Å²) in [7, 11) is 1.58. The normalized spacial score (nSPS) is 10.8. The number of anilines is 2.